The van der Waals surface area contributed by atoms with E-state index >= 15 is 0 Å². The van der Waals surface area contributed by atoms with Crippen LogP contribution < -0.4 is 4.74 Å². The summed E-state index contributed by atoms with van der Waals surface area (Å²) in [7, 11) is -3.39. The van der Waals surface area contributed by atoms with E-state index in [1.54, 1.807) is 19.1 Å². The molecule has 3 rings (SSSR count). The van der Waals surface area contributed by atoms with Crippen molar-refractivity contribution in [1.82, 2.24) is 0 Å². The van der Waals surface area contributed by atoms with Gasteiger partial charge in [-0.05, 0) is 42.7 Å². The Hall–Kier alpha value is -2.74. The van der Waals surface area contributed by atoms with Crippen LogP contribution in [-0.2, 0) is 25.8 Å². The quantitative estimate of drug-likeness (QED) is 0.704. The van der Waals surface area contributed by atoms with E-state index in [9.17, 15) is 22.0 Å². The molecule has 0 aromatic heterocycles. The van der Waals surface area contributed by atoms with Crippen molar-refractivity contribution in [2.75, 3.05) is 6.26 Å². The normalized spacial score (nSPS) is 16.7. The van der Waals surface area contributed by atoms with Gasteiger partial charge in [-0.2, -0.15) is 0 Å². The first-order valence-electron chi connectivity index (χ1n) is 8.49. The number of benzene rings is 2. The van der Waals surface area contributed by atoms with Crippen LogP contribution in [0.25, 0.3) is 0 Å². The Morgan fingerprint density at radius 1 is 1.14 bits per heavy atom. The van der Waals surface area contributed by atoms with Crippen molar-refractivity contribution in [3.63, 3.8) is 0 Å². The highest BCUT2D eigenvalue weighted by atomic mass is 32.2. The predicted molar refractivity (Wildman–Crippen MR) is 97.6 cm³/mol. The third-order valence-electron chi connectivity index (χ3n) is 4.38. The first-order valence-corrected chi connectivity index (χ1v) is 10.4. The molecule has 8 heteroatoms. The molecule has 2 aromatic carbocycles. The molecule has 0 saturated carbocycles. The summed E-state index contributed by atoms with van der Waals surface area (Å²) < 4.78 is 60.9. The van der Waals surface area contributed by atoms with Crippen molar-refractivity contribution in [3.8, 4) is 5.75 Å². The molecule has 1 unspecified atom stereocenters. The Kier molecular flexibility index (Phi) is 5.25. The second-order valence-electron chi connectivity index (χ2n) is 6.48. The molecule has 2 aromatic rings. The van der Waals surface area contributed by atoms with E-state index in [-0.39, 0.29) is 16.4 Å². The van der Waals surface area contributed by atoms with Gasteiger partial charge in [0.25, 0.3) is 0 Å². The molecule has 0 bridgehead atoms. The number of rotatable bonds is 5. The third-order valence-corrected chi connectivity index (χ3v) is 5.62. The summed E-state index contributed by atoms with van der Waals surface area (Å²) >= 11 is 0. The topological polar surface area (TPSA) is 69.7 Å². The maximum atomic E-state index is 13.3. The van der Waals surface area contributed by atoms with Crippen LogP contribution in [0.2, 0.25) is 0 Å². The molecule has 0 saturated heterocycles. The number of carbonyl (C=O) groups is 1. The van der Waals surface area contributed by atoms with Crippen molar-refractivity contribution in [2.45, 2.75) is 31.3 Å². The van der Waals surface area contributed by atoms with Gasteiger partial charge >= 0.3 is 5.97 Å². The molecule has 1 atom stereocenters. The molecule has 0 fully saturated rings. The van der Waals surface area contributed by atoms with Crippen LogP contribution in [0.4, 0.5) is 8.78 Å². The lowest BCUT2D eigenvalue weighted by atomic mass is 9.98. The maximum Gasteiger partial charge on any atom is 0.375 e. The fourth-order valence-corrected chi connectivity index (χ4v) is 4.03. The van der Waals surface area contributed by atoms with Crippen LogP contribution in [0.5, 0.6) is 5.75 Å². The summed E-state index contributed by atoms with van der Waals surface area (Å²) in [6.07, 6.45) is 2.32. The molecule has 5 nitrogen and oxygen atoms in total. The third kappa shape index (κ3) is 3.91. The van der Waals surface area contributed by atoms with Gasteiger partial charge in [-0.1, -0.05) is 13.0 Å². The summed E-state index contributed by atoms with van der Waals surface area (Å²) in [5.41, 5.74) is 1.90. The van der Waals surface area contributed by atoms with Gasteiger partial charge in [0.05, 0.1) is 4.90 Å². The van der Waals surface area contributed by atoms with E-state index in [4.69, 9.17) is 9.47 Å². The number of halogens is 2. The lowest BCUT2D eigenvalue weighted by Crippen LogP contribution is -2.09. The van der Waals surface area contributed by atoms with Crippen LogP contribution in [-0.4, -0.2) is 20.6 Å². The lowest BCUT2D eigenvalue weighted by Gasteiger charge is -2.16. The average molecular weight is 408 g/mol. The van der Waals surface area contributed by atoms with Crippen LogP contribution >= 0.6 is 0 Å². The van der Waals surface area contributed by atoms with E-state index in [2.05, 4.69) is 0 Å². The average Bonchev–Trinajstić information content (AvgIpc) is 2.97. The van der Waals surface area contributed by atoms with Crippen LogP contribution in [0, 0.1) is 18.6 Å². The lowest BCUT2D eigenvalue weighted by molar-refractivity contribution is -0.141. The van der Waals surface area contributed by atoms with Gasteiger partial charge in [0, 0.05) is 24.0 Å². The van der Waals surface area contributed by atoms with Gasteiger partial charge in [-0.3, -0.25) is 0 Å². The zero-order valence-corrected chi connectivity index (χ0v) is 16.3. The number of sulfone groups is 1. The minimum Gasteiger partial charge on any atom is -0.450 e. The molecule has 148 valence electrons. The minimum absolute atomic E-state index is 0.0398. The summed E-state index contributed by atoms with van der Waals surface area (Å²) in [5.74, 6) is -3.06. The smallest absolute Gasteiger partial charge is 0.375 e. The van der Waals surface area contributed by atoms with Crippen LogP contribution in [0.15, 0.2) is 47.1 Å². The zero-order valence-electron chi connectivity index (χ0n) is 15.5. The van der Waals surface area contributed by atoms with Gasteiger partial charge in [-0.15, -0.1) is 0 Å². The number of carbonyl (C=O) groups excluding carboxylic acids is 1. The van der Waals surface area contributed by atoms with Crippen molar-refractivity contribution in [2.24, 2.45) is 0 Å². The molecule has 0 N–H and O–H groups in total. The maximum absolute atomic E-state index is 13.3. The molecular formula is C20H18F2O5S. The number of hydrogen-bond acceptors (Lipinski definition) is 5. The Labute approximate surface area is 161 Å². The molecule has 0 spiro atoms. The number of aryl methyl sites for hydroxylation is 2. The van der Waals surface area contributed by atoms with Crippen LogP contribution in [0.1, 0.15) is 29.7 Å². The molecule has 1 aliphatic heterocycles. The largest absolute Gasteiger partial charge is 0.450 e. The predicted octanol–water partition coefficient (Wildman–Crippen LogP) is 3.80. The summed E-state index contributed by atoms with van der Waals surface area (Å²) in [6, 6.07) is 6.17. The van der Waals surface area contributed by atoms with Crippen molar-refractivity contribution < 1.29 is 31.5 Å². The van der Waals surface area contributed by atoms with Gasteiger partial charge in [-0.25, -0.2) is 22.0 Å². The summed E-state index contributed by atoms with van der Waals surface area (Å²) in [4.78, 5) is 12.4. The number of ether oxygens (including phenoxy) is 2. The minimum atomic E-state index is -3.39. The van der Waals surface area contributed by atoms with Gasteiger partial charge < -0.3 is 9.47 Å². The molecule has 0 aliphatic carbocycles. The second kappa shape index (κ2) is 7.35. The van der Waals surface area contributed by atoms with Crippen molar-refractivity contribution in [1.29, 1.82) is 0 Å². The Morgan fingerprint density at radius 3 is 2.46 bits per heavy atom. The molecule has 1 aliphatic rings. The van der Waals surface area contributed by atoms with E-state index < -0.39 is 33.5 Å². The second-order valence-corrected chi connectivity index (χ2v) is 8.46. The van der Waals surface area contributed by atoms with E-state index in [1.807, 2.05) is 6.92 Å². The Morgan fingerprint density at radius 2 is 1.86 bits per heavy atom. The van der Waals surface area contributed by atoms with E-state index in [0.717, 1.165) is 18.4 Å². The fraction of sp³-hybridized carbons (Fsp3) is 0.250. The first kappa shape index (κ1) is 20.0. The van der Waals surface area contributed by atoms with Crippen molar-refractivity contribution in [3.05, 3.63) is 70.5 Å². The zero-order chi connectivity index (χ0) is 20.6. The molecule has 0 radical (unpaired) electrons. The molecular weight excluding hydrogens is 390 g/mol. The van der Waals surface area contributed by atoms with Gasteiger partial charge in [0.2, 0.25) is 5.76 Å². The monoisotopic (exact) mass is 408 g/mol. The molecule has 1 heterocycles. The highest BCUT2D eigenvalue weighted by molar-refractivity contribution is 7.90. The first-order chi connectivity index (χ1) is 13.1. The van der Waals surface area contributed by atoms with Gasteiger partial charge in [0.15, 0.2) is 21.5 Å². The molecule has 0 amide bonds. The van der Waals surface area contributed by atoms with E-state index in [1.165, 1.54) is 12.1 Å². The highest BCUT2D eigenvalue weighted by Gasteiger charge is 2.31. The van der Waals surface area contributed by atoms with Crippen molar-refractivity contribution >= 4 is 15.8 Å². The molecule has 28 heavy (non-hydrogen) atoms. The SMILES string of the molecule is CCc1cc(S(C)(=O)=O)c(C)cc1C1C=C(Oc2ccc(F)c(F)c2)C(=O)O1. The number of cyclic esters (lactones) is 1. The summed E-state index contributed by atoms with van der Waals surface area (Å²) in [5, 5.41) is 0. The number of hydrogen-bond donors (Lipinski definition) is 0. The highest BCUT2D eigenvalue weighted by Crippen LogP contribution is 2.34. The summed E-state index contributed by atoms with van der Waals surface area (Å²) in [6.45, 7) is 3.53. The Balaban J connectivity index is 1.95. The number of esters is 1. The fourth-order valence-electron chi connectivity index (χ4n) is 3.03. The van der Waals surface area contributed by atoms with E-state index in [0.29, 0.717) is 23.1 Å². The Bertz CT molecular complexity index is 1090. The van der Waals surface area contributed by atoms with Gasteiger partial charge in [0.1, 0.15) is 11.9 Å². The van der Waals surface area contributed by atoms with Crippen LogP contribution in [0.3, 0.4) is 0 Å². The standard InChI is InChI=1S/C20H18F2O5S/c1-4-12-8-19(28(3,24)25)11(2)7-14(12)17-10-18(20(23)27-17)26-13-5-6-15(21)16(22)9-13/h5-10,17H,4H2,1-3H3.